The van der Waals surface area contributed by atoms with Crippen LogP contribution in [-0.2, 0) is 21.4 Å². The van der Waals surface area contributed by atoms with Crippen LogP contribution in [0.2, 0.25) is 5.02 Å². The summed E-state index contributed by atoms with van der Waals surface area (Å²) < 4.78 is 0. The number of benzene rings is 2. The molecule has 4 rings (SSSR count). The largest absolute Gasteiger partial charge is 0.342 e. The van der Waals surface area contributed by atoms with Crippen molar-refractivity contribution < 1.29 is 9.59 Å². The Morgan fingerprint density at radius 1 is 1.07 bits per heavy atom. The molecule has 0 radical (unpaired) electrons. The van der Waals surface area contributed by atoms with Gasteiger partial charge in [-0.2, -0.15) is 0 Å². The van der Waals surface area contributed by atoms with E-state index in [0.29, 0.717) is 18.0 Å². The standard InChI is InChI=1S/C24H28ClN3O2/c25-19-8-4-7-18(14-19)24(16-26)11-9-20(10-12-24)28-15-22(29)27-21(23(28)30)13-17-5-2-1-3-6-17/h1-8,14,20-21H,9-13,15-16,26H2,(H,27,29)/t20-,21-,24-/m0/s1. The van der Waals surface area contributed by atoms with Crippen molar-refractivity contribution in [3.05, 3.63) is 70.7 Å². The maximum absolute atomic E-state index is 13.2. The monoisotopic (exact) mass is 425 g/mol. The SMILES string of the molecule is NC[C@]1(c2cccc(Cl)c2)CC[C@H](N2CC(=O)N[C@@H](Cc3ccccc3)C2=O)CC1. The summed E-state index contributed by atoms with van der Waals surface area (Å²) in [6, 6.07) is 17.3. The van der Waals surface area contributed by atoms with Crippen molar-refractivity contribution in [2.24, 2.45) is 5.73 Å². The molecular formula is C24H28ClN3O2. The zero-order valence-corrected chi connectivity index (χ0v) is 17.8. The lowest BCUT2D eigenvalue weighted by Crippen LogP contribution is -2.62. The van der Waals surface area contributed by atoms with Gasteiger partial charge in [0.1, 0.15) is 6.04 Å². The molecule has 0 spiro atoms. The number of rotatable bonds is 5. The maximum atomic E-state index is 13.2. The molecule has 1 aliphatic heterocycles. The van der Waals surface area contributed by atoms with Crippen LogP contribution in [0.5, 0.6) is 0 Å². The van der Waals surface area contributed by atoms with Crippen LogP contribution in [0.4, 0.5) is 0 Å². The lowest BCUT2D eigenvalue weighted by Gasteiger charge is -2.45. The minimum absolute atomic E-state index is 0.0199. The van der Waals surface area contributed by atoms with E-state index in [9.17, 15) is 9.59 Å². The van der Waals surface area contributed by atoms with Gasteiger partial charge >= 0.3 is 0 Å². The Bertz CT molecular complexity index is 910. The van der Waals surface area contributed by atoms with Gasteiger partial charge in [0.25, 0.3) is 0 Å². The number of hydrogen-bond donors (Lipinski definition) is 2. The third kappa shape index (κ3) is 4.23. The van der Waals surface area contributed by atoms with E-state index in [1.807, 2.05) is 48.5 Å². The highest BCUT2D eigenvalue weighted by atomic mass is 35.5. The third-order valence-corrected chi connectivity index (χ3v) is 6.93. The number of hydrogen-bond acceptors (Lipinski definition) is 3. The molecular weight excluding hydrogens is 398 g/mol. The highest BCUT2D eigenvalue weighted by molar-refractivity contribution is 6.30. The highest BCUT2D eigenvalue weighted by Gasteiger charge is 2.42. The van der Waals surface area contributed by atoms with Crippen LogP contribution in [-0.4, -0.2) is 41.9 Å². The first-order valence-corrected chi connectivity index (χ1v) is 11.0. The maximum Gasteiger partial charge on any atom is 0.246 e. The van der Waals surface area contributed by atoms with Crippen molar-refractivity contribution in [3.63, 3.8) is 0 Å². The highest BCUT2D eigenvalue weighted by Crippen LogP contribution is 2.41. The van der Waals surface area contributed by atoms with Gasteiger partial charge in [-0.25, -0.2) is 0 Å². The summed E-state index contributed by atoms with van der Waals surface area (Å²) in [4.78, 5) is 27.4. The summed E-state index contributed by atoms with van der Waals surface area (Å²) in [5.41, 5.74) is 8.31. The molecule has 0 aromatic heterocycles. The first kappa shape index (κ1) is 20.9. The number of piperazine rings is 1. The molecule has 2 aliphatic rings. The number of nitrogens with zero attached hydrogens (tertiary/aromatic N) is 1. The minimum atomic E-state index is -0.497. The van der Waals surface area contributed by atoms with Crippen LogP contribution in [0.1, 0.15) is 36.8 Å². The summed E-state index contributed by atoms with van der Waals surface area (Å²) in [6.07, 6.45) is 3.94. The zero-order chi connectivity index (χ0) is 21.1. The van der Waals surface area contributed by atoms with E-state index in [4.69, 9.17) is 17.3 Å². The predicted molar refractivity (Wildman–Crippen MR) is 118 cm³/mol. The van der Waals surface area contributed by atoms with E-state index in [1.165, 1.54) is 5.56 Å². The van der Waals surface area contributed by atoms with Gasteiger partial charge in [0, 0.05) is 29.4 Å². The predicted octanol–water partition coefficient (Wildman–Crippen LogP) is 3.05. The fourth-order valence-corrected chi connectivity index (χ4v) is 5.12. The van der Waals surface area contributed by atoms with Crippen LogP contribution < -0.4 is 11.1 Å². The molecule has 2 aromatic rings. The summed E-state index contributed by atoms with van der Waals surface area (Å²) in [5, 5.41) is 3.60. The number of carbonyl (C=O) groups is 2. The van der Waals surface area contributed by atoms with Crippen LogP contribution in [0.25, 0.3) is 0 Å². The van der Waals surface area contributed by atoms with Gasteiger partial charge in [-0.15, -0.1) is 0 Å². The normalized spacial score (nSPS) is 27.1. The molecule has 30 heavy (non-hydrogen) atoms. The van der Waals surface area contributed by atoms with Crippen molar-refractivity contribution in [1.82, 2.24) is 10.2 Å². The minimum Gasteiger partial charge on any atom is -0.342 e. The Kier molecular flexibility index (Phi) is 6.11. The number of amides is 2. The molecule has 1 saturated carbocycles. The van der Waals surface area contributed by atoms with Gasteiger partial charge in [0.05, 0.1) is 6.54 Å². The Morgan fingerprint density at radius 2 is 1.80 bits per heavy atom. The van der Waals surface area contributed by atoms with E-state index in [-0.39, 0.29) is 29.8 Å². The van der Waals surface area contributed by atoms with Crippen LogP contribution in [0.3, 0.4) is 0 Å². The van der Waals surface area contributed by atoms with Crippen molar-refractivity contribution in [2.75, 3.05) is 13.1 Å². The number of nitrogens with one attached hydrogen (secondary N) is 1. The molecule has 2 fully saturated rings. The molecule has 1 heterocycles. The molecule has 1 saturated heterocycles. The fraction of sp³-hybridized carbons (Fsp3) is 0.417. The molecule has 1 atom stereocenters. The van der Waals surface area contributed by atoms with E-state index in [1.54, 1.807) is 4.90 Å². The number of halogens is 1. The summed E-state index contributed by atoms with van der Waals surface area (Å²) in [6.45, 7) is 0.687. The average molecular weight is 426 g/mol. The molecule has 158 valence electrons. The van der Waals surface area contributed by atoms with Crippen molar-refractivity contribution in [2.45, 2.75) is 49.6 Å². The Labute approximate surface area is 182 Å². The molecule has 5 nitrogen and oxygen atoms in total. The Hall–Kier alpha value is -2.37. The Balaban J connectivity index is 1.46. The molecule has 0 unspecified atom stereocenters. The molecule has 1 aliphatic carbocycles. The topological polar surface area (TPSA) is 75.4 Å². The van der Waals surface area contributed by atoms with E-state index in [2.05, 4.69) is 11.4 Å². The smallest absolute Gasteiger partial charge is 0.246 e. The van der Waals surface area contributed by atoms with Crippen LogP contribution in [0, 0.1) is 0 Å². The second-order valence-corrected chi connectivity index (χ2v) is 8.94. The van der Waals surface area contributed by atoms with Gasteiger partial charge in [0.2, 0.25) is 11.8 Å². The number of nitrogens with two attached hydrogens (primary N) is 1. The van der Waals surface area contributed by atoms with Gasteiger partial charge < -0.3 is 16.0 Å². The fourth-order valence-electron chi connectivity index (χ4n) is 4.93. The second kappa shape index (κ2) is 8.78. The number of carbonyl (C=O) groups excluding carboxylic acids is 2. The van der Waals surface area contributed by atoms with Crippen molar-refractivity contribution >= 4 is 23.4 Å². The summed E-state index contributed by atoms with van der Waals surface area (Å²) >= 11 is 6.21. The van der Waals surface area contributed by atoms with E-state index >= 15 is 0 Å². The van der Waals surface area contributed by atoms with Gasteiger partial charge in [0.15, 0.2) is 0 Å². The second-order valence-electron chi connectivity index (χ2n) is 8.50. The molecule has 2 aromatic carbocycles. The Morgan fingerprint density at radius 3 is 2.47 bits per heavy atom. The first-order valence-electron chi connectivity index (χ1n) is 10.6. The first-order chi connectivity index (χ1) is 14.5. The molecule has 6 heteroatoms. The zero-order valence-electron chi connectivity index (χ0n) is 17.0. The van der Waals surface area contributed by atoms with Gasteiger partial charge in [-0.3, -0.25) is 9.59 Å². The lowest BCUT2D eigenvalue weighted by atomic mass is 9.68. The van der Waals surface area contributed by atoms with Crippen LogP contribution >= 0.6 is 11.6 Å². The molecule has 2 amide bonds. The summed E-state index contributed by atoms with van der Waals surface area (Å²) in [5.74, 6) is -0.0625. The van der Waals surface area contributed by atoms with E-state index < -0.39 is 6.04 Å². The average Bonchev–Trinajstić information content (AvgIpc) is 2.77. The van der Waals surface area contributed by atoms with Crippen LogP contribution in [0.15, 0.2) is 54.6 Å². The lowest BCUT2D eigenvalue weighted by molar-refractivity contribution is -0.147. The van der Waals surface area contributed by atoms with Crippen molar-refractivity contribution in [1.29, 1.82) is 0 Å². The quantitative estimate of drug-likeness (QED) is 0.773. The van der Waals surface area contributed by atoms with Gasteiger partial charge in [-0.1, -0.05) is 54.1 Å². The summed E-state index contributed by atoms with van der Waals surface area (Å²) in [7, 11) is 0. The molecule has 3 N–H and O–H groups in total. The molecule has 0 bridgehead atoms. The van der Waals surface area contributed by atoms with E-state index in [0.717, 1.165) is 31.2 Å². The van der Waals surface area contributed by atoms with Gasteiger partial charge in [-0.05, 0) is 48.9 Å². The third-order valence-electron chi connectivity index (χ3n) is 6.69. The van der Waals surface area contributed by atoms with Crippen molar-refractivity contribution in [3.8, 4) is 0 Å².